The van der Waals surface area contributed by atoms with E-state index in [1.54, 1.807) is 32.0 Å². The number of aromatic nitrogens is 1. The summed E-state index contributed by atoms with van der Waals surface area (Å²) >= 11 is 0. The first-order valence-corrected chi connectivity index (χ1v) is 11.4. The van der Waals surface area contributed by atoms with E-state index in [2.05, 4.69) is 5.32 Å². The first kappa shape index (κ1) is 22.5. The van der Waals surface area contributed by atoms with Gasteiger partial charge in [-0.15, -0.1) is 0 Å². The largest absolute Gasteiger partial charge is 0.324 e. The van der Waals surface area contributed by atoms with Crippen LogP contribution in [0.1, 0.15) is 27.9 Å². The molecule has 7 heteroatoms. The Balaban J connectivity index is 2.01. The number of carbonyl (C=O) groups is 1. The summed E-state index contributed by atoms with van der Waals surface area (Å²) in [4.78, 5) is 25.6. The zero-order valence-corrected chi connectivity index (χ0v) is 19.1. The molecule has 0 atom stereocenters. The zero-order chi connectivity index (χ0) is 22.9. The molecule has 0 unspecified atom stereocenters. The molecule has 3 aromatic rings. The Kier molecular flexibility index (Phi) is 6.18. The lowest BCUT2D eigenvalue weighted by molar-refractivity contribution is -0.116. The van der Waals surface area contributed by atoms with Crippen molar-refractivity contribution < 1.29 is 13.2 Å². The molecule has 0 bridgehead atoms. The monoisotopic (exact) mass is 438 g/mol. The van der Waals surface area contributed by atoms with Gasteiger partial charge in [0, 0.05) is 11.4 Å². The Morgan fingerprint density at radius 3 is 2.13 bits per heavy atom. The van der Waals surface area contributed by atoms with Crippen molar-refractivity contribution in [2.24, 2.45) is 0 Å². The van der Waals surface area contributed by atoms with Gasteiger partial charge in [-0.25, -0.2) is 8.42 Å². The minimum Gasteiger partial charge on any atom is -0.324 e. The molecule has 162 valence electrons. The third-order valence-corrected chi connectivity index (χ3v) is 7.14. The van der Waals surface area contributed by atoms with Crippen LogP contribution in [0.2, 0.25) is 0 Å². The molecular weight excluding hydrogens is 412 g/mol. The van der Waals surface area contributed by atoms with Crippen molar-refractivity contribution in [3.63, 3.8) is 0 Å². The average molecular weight is 439 g/mol. The number of aryl methyl sites for hydroxylation is 5. The van der Waals surface area contributed by atoms with E-state index in [1.165, 1.54) is 16.7 Å². The molecule has 1 amide bonds. The van der Waals surface area contributed by atoms with Gasteiger partial charge in [-0.1, -0.05) is 29.8 Å². The van der Waals surface area contributed by atoms with Crippen LogP contribution in [0.15, 0.2) is 63.1 Å². The van der Waals surface area contributed by atoms with Crippen LogP contribution in [0.25, 0.3) is 0 Å². The van der Waals surface area contributed by atoms with Crippen LogP contribution in [0.4, 0.5) is 5.69 Å². The molecule has 0 aliphatic heterocycles. The van der Waals surface area contributed by atoms with E-state index < -0.39 is 21.3 Å². The summed E-state index contributed by atoms with van der Waals surface area (Å²) in [5.41, 5.74) is 3.64. The van der Waals surface area contributed by atoms with Gasteiger partial charge in [0.1, 0.15) is 11.4 Å². The highest BCUT2D eigenvalue weighted by Crippen LogP contribution is 2.22. The number of sulfone groups is 1. The van der Waals surface area contributed by atoms with Gasteiger partial charge in [0.25, 0.3) is 5.56 Å². The first-order chi connectivity index (χ1) is 14.5. The number of anilines is 1. The summed E-state index contributed by atoms with van der Waals surface area (Å²) in [5.74, 6) is -0.401. The molecular formula is C24H26N2O4S. The summed E-state index contributed by atoms with van der Waals surface area (Å²) < 4.78 is 27.6. The lowest BCUT2D eigenvalue weighted by Gasteiger charge is -2.16. The van der Waals surface area contributed by atoms with Crippen molar-refractivity contribution in [3.05, 3.63) is 86.8 Å². The lowest BCUT2D eigenvalue weighted by atomic mass is 10.1. The maximum Gasteiger partial charge on any atom is 0.270 e. The van der Waals surface area contributed by atoms with E-state index in [0.717, 1.165) is 16.7 Å². The van der Waals surface area contributed by atoms with Gasteiger partial charge in [0.15, 0.2) is 0 Å². The number of pyridine rings is 1. The molecule has 0 aliphatic carbocycles. The van der Waals surface area contributed by atoms with Crippen molar-refractivity contribution >= 4 is 21.4 Å². The standard InChI is InChI=1S/C24H26N2O4S/c1-15-7-10-20(11-8-15)31(29,30)23-18(4)13-19(5)26(24(23)28)14-22(27)25-21-12-16(2)6-9-17(21)3/h6-13H,14H2,1-5H3,(H,25,27). The maximum absolute atomic E-state index is 13.2. The van der Waals surface area contributed by atoms with Gasteiger partial charge in [-0.3, -0.25) is 9.59 Å². The van der Waals surface area contributed by atoms with Crippen molar-refractivity contribution in [2.45, 2.75) is 51.0 Å². The summed E-state index contributed by atoms with van der Waals surface area (Å²) in [7, 11) is -4.03. The van der Waals surface area contributed by atoms with Crippen LogP contribution in [-0.4, -0.2) is 18.9 Å². The predicted octanol–water partition coefficient (Wildman–Crippen LogP) is 3.86. The number of hydrogen-bond donors (Lipinski definition) is 1. The average Bonchev–Trinajstić information content (AvgIpc) is 2.68. The summed E-state index contributed by atoms with van der Waals surface area (Å²) in [6.45, 7) is 8.65. The highest BCUT2D eigenvalue weighted by molar-refractivity contribution is 7.91. The molecule has 31 heavy (non-hydrogen) atoms. The van der Waals surface area contributed by atoms with Crippen LogP contribution in [0.3, 0.4) is 0 Å². The third kappa shape index (κ3) is 4.61. The smallest absolute Gasteiger partial charge is 0.270 e. The second-order valence-electron chi connectivity index (χ2n) is 7.87. The maximum atomic E-state index is 13.2. The van der Waals surface area contributed by atoms with Crippen molar-refractivity contribution in [3.8, 4) is 0 Å². The fraction of sp³-hybridized carbons (Fsp3) is 0.250. The molecule has 1 heterocycles. The number of hydrogen-bond acceptors (Lipinski definition) is 4. The Morgan fingerprint density at radius 2 is 1.48 bits per heavy atom. The van der Waals surface area contributed by atoms with Gasteiger partial charge < -0.3 is 9.88 Å². The number of nitrogens with one attached hydrogen (secondary N) is 1. The van der Waals surface area contributed by atoms with Crippen LogP contribution in [0, 0.1) is 34.6 Å². The molecule has 1 aromatic heterocycles. The Morgan fingerprint density at radius 1 is 0.871 bits per heavy atom. The van der Waals surface area contributed by atoms with Crippen molar-refractivity contribution in [1.29, 1.82) is 0 Å². The second-order valence-corrected chi connectivity index (χ2v) is 9.76. The molecule has 1 N–H and O–H groups in total. The zero-order valence-electron chi connectivity index (χ0n) is 18.3. The quantitative estimate of drug-likeness (QED) is 0.655. The van der Waals surface area contributed by atoms with Crippen LogP contribution < -0.4 is 10.9 Å². The van der Waals surface area contributed by atoms with E-state index >= 15 is 0 Å². The first-order valence-electron chi connectivity index (χ1n) is 9.90. The molecule has 0 aliphatic rings. The highest BCUT2D eigenvalue weighted by atomic mass is 32.2. The Labute approximate surface area is 182 Å². The highest BCUT2D eigenvalue weighted by Gasteiger charge is 2.26. The van der Waals surface area contributed by atoms with Crippen molar-refractivity contribution in [1.82, 2.24) is 4.57 Å². The molecule has 3 rings (SSSR count). The molecule has 0 fully saturated rings. The number of carbonyl (C=O) groups excluding carboxylic acids is 1. The molecule has 6 nitrogen and oxygen atoms in total. The summed E-state index contributed by atoms with van der Waals surface area (Å²) in [6, 6.07) is 13.7. The van der Waals surface area contributed by atoms with Crippen molar-refractivity contribution in [2.75, 3.05) is 5.32 Å². The van der Waals surface area contributed by atoms with Gasteiger partial charge in [0.2, 0.25) is 15.7 Å². The number of benzene rings is 2. The lowest BCUT2D eigenvalue weighted by Crippen LogP contribution is -2.33. The van der Waals surface area contributed by atoms with Crippen LogP contribution in [0.5, 0.6) is 0 Å². The van der Waals surface area contributed by atoms with E-state index in [4.69, 9.17) is 0 Å². The summed E-state index contributed by atoms with van der Waals surface area (Å²) in [5, 5.41) is 2.82. The molecule has 0 saturated heterocycles. The third-order valence-electron chi connectivity index (χ3n) is 5.22. The number of rotatable bonds is 5. The SMILES string of the molecule is Cc1ccc(S(=O)(=O)c2c(C)cc(C)n(CC(=O)Nc3cc(C)ccc3C)c2=O)cc1. The predicted molar refractivity (Wildman–Crippen MR) is 121 cm³/mol. The van der Waals surface area contributed by atoms with Gasteiger partial charge in [-0.2, -0.15) is 0 Å². The molecule has 0 radical (unpaired) electrons. The van der Waals surface area contributed by atoms with Gasteiger partial charge in [-0.05, 0) is 75.6 Å². The van der Waals surface area contributed by atoms with E-state index in [-0.39, 0.29) is 16.3 Å². The number of amides is 1. The summed E-state index contributed by atoms with van der Waals surface area (Å²) in [6.07, 6.45) is 0. The number of nitrogens with zero attached hydrogens (tertiary/aromatic N) is 1. The Bertz CT molecular complexity index is 1320. The topological polar surface area (TPSA) is 85.2 Å². The van der Waals surface area contributed by atoms with E-state index in [0.29, 0.717) is 16.9 Å². The fourth-order valence-electron chi connectivity index (χ4n) is 3.47. The Hall–Kier alpha value is -3.19. The van der Waals surface area contributed by atoms with Crippen LogP contribution >= 0.6 is 0 Å². The normalized spacial score (nSPS) is 11.4. The van der Waals surface area contributed by atoms with Gasteiger partial charge in [0.05, 0.1) is 4.90 Å². The van der Waals surface area contributed by atoms with E-state index in [9.17, 15) is 18.0 Å². The molecule has 0 saturated carbocycles. The molecule has 2 aromatic carbocycles. The van der Waals surface area contributed by atoms with Gasteiger partial charge >= 0.3 is 0 Å². The van der Waals surface area contributed by atoms with Crippen LogP contribution in [-0.2, 0) is 21.2 Å². The molecule has 0 spiro atoms. The van der Waals surface area contributed by atoms with E-state index in [1.807, 2.05) is 39.0 Å². The minimum absolute atomic E-state index is 0.0496. The minimum atomic E-state index is -4.03. The second kappa shape index (κ2) is 8.51. The fourth-order valence-corrected chi connectivity index (χ4v) is 5.02.